The monoisotopic (exact) mass is 291 g/mol. The zero-order chi connectivity index (χ0) is 15.6. The zero-order valence-electron chi connectivity index (χ0n) is 12.4. The summed E-state index contributed by atoms with van der Waals surface area (Å²) < 4.78 is 11.7. The van der Waals surface area contributed by atoms with E-state index in [4.69, 9.17) is 9.47 Å². The molecule has 0 fully saturated rings. The quantitative estimate of drug-likeness (QED) is 0.803. The number of rotatable bonds is 3. The predicted molar refractivity (Wildman–Crippen MR) is 74.1 cm³/mol. The molecule has 0 aliphatic carbocycles. The molecule has 0 bridgehead atoms. The third-order valence-electron chi connectivity index (χ3n) is 2.43. The number of carbonyl (C=O) groups is 2. The molecule has 0 spiro atoms. The standard InChI is InChI=1S/C14H17N3O4/c1-5-20-12(18)10-8-17-7-9(15-6-11(17)16-10)13(19)21-14(2,3)4/h6-8H,5H2,1-4H3. The molecule has 7 heteroatoms. The highest BCUT2D eigenvalue weighted by Crippen LogP contribution is 2.12. The van der Waals surface area contributed by atoms with Gasteiger partial charge in [0.05, 0.1) is 12.8 Å². The lowest BCUT2D eigenvalue weighted by Gasteiger charge is -2.18. The number of fused-ring (bicyclic) bond motifs is 1. The summed E-state index contributed by atoms with van der Waals surface area (Å²) in [5, 5.41) is 0. The highest BCUT2D eigenvalue weighted by molar-refractivity contribution is 5.89. The zero-order valence-corrected chi connectivity index (χ0v) is 12.4. The van der Waals surface area contributed by atoms with Crippen molar-refractivity contribution in [2.75, 3.05) is 6.61 Å². The number of ether oxygens (including phenoxy) is 2. The largest absolute Gasteiger partial charge is 0.461 e. The summed E-state index contributed by atoms with van der Waals surface area (Å²) in [5.74, 6) is -1.05. The molecule has 0 saturated heterocycles. The van der Waals surface area contributed by atoms with E-state index in [9.17, 15) is 9.59 Å². The van der Waals surface area contributed by atoms with Gasteiger partial charge >= 0.3 is 11.9 Å². The van der Waals surface area contributed by atoms with Crippen molar-refractivity contribution in [2.45, 2.75) is 33.3 Å². The van der Waals surface area contributed by atoms with Gasteiger partial charge in [0.25, 0.3) is 0 Å². The third-order valence-corrected chi connectivity index (χ3v) is 2.43. The van der Waals surface area contributed by atoms with E-state index in [0.29, 0.717) is 5.65 Å². The van der Waals surface area contributed by atoms with Crippen molar-refractivity contribution >= 4 is 17.6 Å². The second kappa shape index (κ2) is 5.51. The first-order valence-corrected chi connectivity index (χ1v) is 6.55. The number of esters is 2. The lowest BCUT2D eigenvalue weighted by atomic mass is 10.2. The molecule has 0 atom stereocenters. The molecule has 7 nitrogen and oxygen atoms in total. The molecule has 2 rings (SSSR count). The minimum atomic E-state index is -0.598. The van der Waals surface area contributed by atoms with Gasteiger partial charge < -0.3 is 13.9 Å². The Morgan fingerprint density at radius 1 is 1.19 bits per heavy atom. The van der Waals surface area contributed by atoms with Crippen molar-refractivity contribution in [1.29, 1.82) is 0 Å². The Labute approximate surface area is 121 Å². The fourth-order valence-corrected chi connectivity index (χ4v) is 1.64. The van der Waals surface area contributed by atoms with E-state index >= 15 is 0 Å². The predicted octanol–water partition coefficient (Wildman–Crippen LogP) is 1.86. The first-order valence-electron chi connectivity index (χ1n) is 6.55. The lowest BCUT2D eigenvalue weighted by molar-refractivity contribution is 0.00620. The lowest BCUT2D eigenvalue weighted by Crippen LogP contribution is -2.24. The van der Waals surface area contributed by atoms with Gasteiger partial charge in [0, 0.05) is 12.4 Å². The van der Waals surface area contributed by atoms with Crippen LogP contribution in [0.1, 0.15) is 48.7 Å². The SMILES string of the molecule is CCOC(=O)c1cn2cc(C(=O)OC(C)(C)C)ncc2n1. The van der Waals surface area contributed by atoms with Crippen LogP contribution >= 0.6 is 0 Å². The van der Waals surface area contributed by atoms with Crippen molar-refractivity contribution in [2.24, 2.45) is 0 Å². The molecule has 0 aliphatic rings. The Hall–Kier alpha value is -2.44. The van der Waals surface area contributed by atoms with Crippen LogP contribution in [0.2, 0.25) is 0 Å². The molecule has 2 aromatic rings. The van der Waals surface area contributed by atoms with Crippen LogP contribution in [-0.4, -0.2) is 38.5 Å². The molecular weight excluding hydrogens is 274 g/mol. The Bertz CT molecular complexity index is 685. The van der Waals surface area contributed by atoms with E-state index in [-0.39, 0.29) is 18.0 Å². The average molecular weight is 291 g/mol. The number of hydrogen-bond acceptors (Lipinski definition) is 6. The van der Waals surface area contributed by atoms with Gasteiger partial charge in [0.2, 0.25) is 0 Å². The smallest absolute Gasteiger partial charge is 0.358 e. The van der Waals surface area contributed by atoms with Crippen LogP contribution in [0.25, 0.3) is 5.65 Å². The second-order valence-corrected chi connectivity index (χ2v) is 5.39. The summed E-state index contributed by atoms with van der Waals surface area (Å²) in [4.78, 5) is 31.6. The van der Waals surface area contributed by atoms with Crippen LogP contribution in [0.15, 0.2) is 18.6 Å². The van der Waals surface area contributed by atoms with Gasteiger partial charge in [-0.25, -0.2) is 19.6 Å². The van der Waals surface area contributed by atoms with Gasteiger partial charge in [-0.15, -0.1) is 0 Å². The van der Waals surface area contributed by atoms with Gasteiger partial charge in [-0.05, 0) is 27.7 Å². The summed E-state index contributed by atoms with van der Waals surface area (Å²) >= 11 is 0. The fraction of sp³-hybridized carbons (Fsp3) is 0.429. The minimum absolute atomic E-state index is 0.144. The summed E-state index contributed by atoms with van der Waals surface area (Å²) in [6, 6.07) is 0. The fourth-order valence-electron chi connectivity index (χ4n) is 1.64. The van der Waals surface area contributed by atoms with Gasteiger partial charge in [0.15, 0.2) is 17.0 Å². The molecule has 2 heterocycles. The van der Waals surface area contributed by atoms with E-state index in [1.807, 2.05) is 0 Å². The van der Waals surface area contributed by atoms with E-state index in [0.717, 1.165) is 0 Å². The molecular formula is C14H17N3O4. The topological polar surface area (TPSA) is 82.8 Å². The van der Waals surface area contributed by atoms with Crippen molar-refractivity contribution in [3.63, 3.8) is 0 Å². The van der Waals surface area contributed by atoms with Gasteiger partial charge in [-0.3, -0.25) is 0 Å². The van der Waals surface area contributed by atoms with Crippen LogP contribution in [-0.2, 0) is 9.47 Å². The summed E-state index contributed by atoms with van der Waals surface area (Å²) in [6.45, 7) is 7.32. The number of hydrogen-bond donors (Lipinski definition) is 0. The molecule has 0 aromatic carbocycles. The van der Waals surface area contributed by atoms with E-state index in [1.165, 1.54) is 18.6 Å². The first kappa shape index (κ1) is 15.0. The highest BCUT2D eigenvalue weighted by atomic mass is 16.6. The maximum absolute atomic E-state index is 11.9. The minimum Gasteiger partial charge on any atom is -0.461 e. The number of carbonyl (C=O) groups excluding carboxylic acids is 2. The van der Waals surface area contributed by atoms with Crippen LogP contribution in [0.5, 0.6) is 0 Å². The molecule has 0 saturated carbocycles. The highest BCUT2D eigenvalue weighted by Gasteiger charge is 2.20. The Morgan fingerprint density at radius 3 is 2.48 bits per heavy atom. The Balaban J connectivity index is 2.29. The van der Waals surface area contributed by atoms with Crippen LogP contribution in [0.4, 0.5) is 0 Å². The summed E-state index contributed by atoms with van der Waals surface area (Å²) in [7, 11) is 0. The van der Waals surface area contributed by atoms with Crippen molar-refractivity contribution in [3.8, 4) is 0 Å². The third kappa shape index (κ3) is 3.56. The molecule has 0 radical (unpaired) electrons. The molecule has 21 heavy (non-hydrogen) atoms. The van der Waals surface area contributed by atoms with E-state index in [1.54, 1.807) is 32.1 Å². The molecule has 0 unspecified atom stereocenters. The number of aromatic nitrogens is 3. The average Bonchev–Trinajstić information content (AvgIpc) is 2.79. The van der Waals surface area contributed by atoms with Crippen molar-refractivity contribution < 1.29 is 19.1 Å². The summed E-state index contributed by atoms with van der Waals surface area (Å²) in [6.07, 6.45) is 4.37. The molecule has 0 aliphatic heterocycles. The first-order chi connectivity index (χ1) is 9.80. The summed E-state index contributed by atoms with van der Waals surface area (Å²) in [5.41, 5.74) is 0.161. The van der Waals surface area contributed by atoms with Crippen LogP contribution in [0, 0.1) is 0 Å². The number of nitrogens with zero attached hydrogens (tertiary/aromatic N) is 3. The normalized spacial score (nSPS) is 11.4. The number of imidazole rings is 1. The van der Waals surface area contributed by atoms with Crippen molar-refractivity contribution in [1.82, 2.24) is 14.4 Å². The maximum atomic E-state index is 11.9. The Morgan fingerprint density at radius 2 is 1.86 bits per heavy atom. The molecule has 112 valence electrons. The molecule has 0 N–H and O–H groups in total. The van der Waals surface area contributed by atoms with E-state index in [2.05, 4.69) is 9.97 Å². The van der Waals surface area contributed by atoms with Gasteiger partial charge in [-0.2, -0.15) is 0 Å². The van der Waals surface area contributed by atoms with E-state index < -0.39 is 17.5 Å². The maximum Gasteiger partial charge on any atom is 0.358 e. The Kier molecular flexibility index (Phi) is 3.93. The molecule has 0 amide bonds. The second-order valence-electron chi connectivity index (χ2n) is 5.39. The van der Waals surface area contributed by atoms with Gasteiger partial charge in [-0.1, -0.05) is 0 Å². The van der Waals surface area contributed by atoms with Gasteiger partial charge in [0.1, 0.15) is 5.60 Å². The van der Waals surface area contributed by atoms with Crippen molar-refractivity contribution in [3.05, 3.63) is 30.0 Å². The van der Waals surface area contributed by atoms with Crippen LogP contribution in [0.3, 0.4) is 0 Å². The molecule has 2 aromatic heterocycles. The van der Waals surface area contributed by atoms with Crippen LogP contribution < -0.4 is 0 Å².